The number of aryl methyl sites for hydroxylation is 1. The van der Waals surface area contributed by atoms with Crippen molar-refractivity contribution in [1.29, 1.82) is 0 Å². The molecule has 2 aromatic rings. The molecule has 3 rings (SSSR count). The molecule has 0 fully saturated rings. The number of nitrogens with one attached hydrogen (secondary N) is 1. The van der Waals surface area contributed by atoms with Crippen LogP contribution in [0.25, 0.3) is 6.08 Å². The molecule has 0 saturated heterocycles. The van der Waals surface area contributed by atoms with E-state index in [0.29, 0.717) is 18.7 Å². The number of benzene rings is 1. The Bertz CT molecular complexity index is 964. The molecule has 0 bridgehead atoms. The van der Waals surface area contributed by atoms with Crippen molar-refractivity contribution >= 4 is 16.1 Å². The van der Waals surface area contributed by atoms with Crippen LogP contribution in [0.15, 0.2) is 29.7 Å². The van der Waals surface area contributed by atoms with Crippen molar-refractivity contribution in [2.45, 2.75) is 32.7 Å². The van der Waals surface area contributed by atoms with Gasteiger partial charge in [0.2, 0.25) is 10.0 Å². The van der Waals surface area contributed by atoms with Gasteiger partial charge in [-0.2, -0.15) is 18.3 Å². The summed E-state index contributed by atoms with van der Waals surface area (Å²) in [6.45, 7) is 2.01. The van der Waals surface area contributed by atoms with Crippen molar-refractivity contribution in [3.63, 3.8) is 0 Å². The quantitative estimate of drug-likeness (QED) is 0.788. The molecule has 0 spiro atoms. The van der Waals surface area contributed by atoms with Gasteiger partial charge < -0.3 is 4.74 Å². The predicted octanol–water partition coefficient (Wildman–Crippen LogP) is 2.87. The predicted molar refractivity (Wildman–Crippen MR) is 97.7 cm³/mol. The normalized spacial score (nSPS) is 15.1. The van der Waals surface area contributed by atoms with Crippen molar-refractivity contribution in [3.05, 3.63) is 57.8 Å². The van der Waals surface area contributed by atoms with E-state index in [1.165, 1.54) is 10.8 Å². The first kappa shape index (κ1) is 20.6. The first-order valence-electron chi connectivity index (χ1n) is 8.63. The fourth-order valence-corrected chi connectivity index (χ4v) is 3.72. The van der Waals surface area contributed by atoms with Crippen LogP contribution in [0.4, 0.5) is 13.2 Å². The Hall–Kier alpha value is -2.17. The van der Waals surface area contributed by atoms with Crippen LogP contribution in [-0.4, -0.2) is 31.3 Å². The van der Waals surface area contributed by atoms with Gasteiger partial charge in [0.1, 0.15) is 0 Å². The molecule has 0 amide bonds. The minimum atomic E-state index is -4.58. The minimum absolute atomic E-state index is 0.00395. The maximum atomic E-state index is 13.1. The van der Waals surface area contributed by atoms with Crippen molar-refractivity contribution in [2.75, 3.05) is 13.2 Å². The van der Waals surface area contributed by atoms with E-state index in [0.717, 1.165) is 16.5 Å². The number of halogens is 3. The van der Waals surface area contributed by atoms with E-state index >= 15 is 0 Å². The number of nitrogens with zero attached hydrogens (tertiary/aromatic N) is 2. The summed E-state index contributed by atoms with van der Waals surface area (Å²) in [5.41, 5.74) is 1.29. The molecule has 1 N–H and O–H groups in total. The number of hydrogen-bond donors (Lipinski definition) is 1. The van der Waals surface area contributed by atoms with Gasteiger partial charge in [-0.1, -0.05) is 29.8 Å². The van der Waals surface area contributed by atoms with Gasteiger partial charge in [-0.3, -0.25) is 4.68 Å². The second kappa shape index (κ2) is 8.06. The summed E-state index contributed by atoms with van der Waals surface area (Å²) in [7, 11) is -3.72. The second-order valence-electron chi connectivity index (χ2n) is 6.45. The third-order valence-electron chi connectivity index (χ3n) is 4.31. The molecule has 0 radical (unpaired) electrons. The molecule has 0 saturated carbocycles. The van der Waals surface area contributed by atoms with Gasteiger partial charge in [-0.15, -0.1) is 0 Å². The van der Waals surface area contributed by atoms with E-state index in [4.69, 9.17) is 4.74 Å². The molecule has 0 unspecified atom stereocenters. The average molecular weight is 415 g/mol. The second-order valence-corrected chi connectivity index (χ2v) is 8.10. The summed E-state index contributed by atoms with van der Waals surface area (Å²) in [5.74, 6) is 0. The van der Waals surface area contributed by atoms with E-state index in [-0.39, 0.29) is 25.3 Å². The number of sulfonamides is 1. The van der Waals surface area contributed by atoms with Gasteiger partial charge in [0.15, 0.2) is 5.69 Å². The number of alkyl halides is 3. The Balaban J connectivity index is 1.66. The Morgan fingerprint density at radius 1 is 1.29 bits per heavy atom. The number of fused-ring (bicyclic) bond motifs is 1. The fraction of sp³-hybridized carbons (Fsp3) is 0.389. The maximum Gasteiger partial charge on any atom is 0.435 e. The van der Waals surface area contributed by atoms with E-state index in [1.807, 2.05) is 19.1 Å². The zero-order chi connectivity index (χ0) is 20.4. The Labute approximate surface area is 161 Å². The first-order chi connectivity index (χ1) is 13.2. The van der Waals surface area contributed by atoms with E-state index in [2.05, 4.69) is 9.82 Å². The van der Waals surface area contributed by atoms with Crippen molar-refractivity contribution in [1.82, 2.24) is 14.5 Å². The Morgan fingerprint density at radius 3 is 2.68 bits per heavy atom. The summed E-state index contributed by atoms with van der Waals surface area (Å²) in [5, 5.41) is 4.68. The first-order valence-corrected chi connectivity index (χ1v) is 10.2. The van der Waals surface area contributed by atoms with Crippen LogP contribution >= 0.6 is 0 Å². The maximum absolute atomic E-state index is 13.1. The molecular weight excluding hydrogens is 395 g/mol. The lowest BCUT2D eigenvalue weighted by Crippen LogP contribution is -2.27. The molecule has 1 aliphatic rings. The SMILES string of the molecule is Cc1ccc(/C=C/S(=O)(=O)NCCn2nc(C(F)(F)F)c3c2CCOC3)cc1. The molecule has 10 heteroatoms. The van der Waals surface area contributed by atoms with Gasteiger partial charge in [-0.05, 0) is 18.6 Å². The van der Waals surface area contributed by atoms with Gasteiger partial charge in [0, 0.05) is 29.6 Å². The van der Waals surface area contributed by atoms with Crippen molar-refractivity contribution in [3.8, 4) is 0 Å². The lowest BCUT2D eigenvalue weighted by molar-refractivity contribution is -0.142. The molecule has 1 aromatic carbocycles. The number of rotatable bonds is 6. The molecule has 0 atom stereocenters. The van der Waals surface area contributed by atoms with Gasteiger partial charge in [0.05, 0.1) is 19.8 Å². The average Bonchev–Trinajstić information content (AvgIpc) is 3.01. The molecule has 28 heavy (non-hydrogen) atoms. The highest BCUT2D eigenvalue weighted by atomic mass is 32.2. The number of aromatic nitrogens is 2. The molecule has 0 aliphatic carbocycles. The van der Waals surface area contributed by atoms with Gasteiger partial charge >= 0.3 is 6.18 Å². The molecule has 1 aromatic heterocycles. The van der Waals surface area contributed by atoms with E-state index in [1.54, 1.807) is 12.1 Å². The highest BCUT2D eigenvalue weighted by Gasteiger charge is 2.39. The number of hydrogen-bond acceptors (Lipinski definition) is 4. The standard InChI is InChI=1S/C18H20F3N3O3S/c1-13-2-4-14(5-3-13)7-11-28(25,26)22-8-9-24-16-6-10-27-12-15(16)17(23-24)18(19,20)21/h2-5,7,11,22H,6,8-10,12H2,1H3/b11-7+. The smallest absolute Gasteiger partial charge is 0.376 e. The van der Waals surface area contributed by atoms with Gasteiger partial charge in [0.25, 0.3) is 0 Å². The molecule has 1 aliphatic heterocycles. The molecule has 152 valence electrons. The van der Waals surface area contributed by atoms with Crippen molar-refractivity contribution < 1.29 is 26.3 Å². The zero-order valence-electron chi connectivity index (χ0n) is 15.2. The third-order valence-corrected chi connectivity index (χ3v) is 5.41. The largest absolute Gasteiger partial charge is 0.435 e. The van der Waals surface area contributed by atoms with E-state index < -0.39 is 21.9 Å². The summed E-state index contributed by atoms with van der Waals surface area (Å²) >= 11 is 0. The topological polar surface area (TPSA) is 73.2 Å². The highest BCUT2D eigenvalue weighted by molar-refractivity contribution is 7.92. The monoisotopic (exact) mass is 415 g/mol. The van der Waals surface area contributed by atoms with Crippen LogP contribution in [0, 0.1) is 6.92 Å². The zero-order valence-corrected chi connectivity index (χ0v) is 16.0. The highest BCUT2D eigenvalue weighted by Crippen LogP contribution is 2.34. The van der Waals surface area contributed by atoms with Crippen LogP contribution < -0.4 is 4.72 Å². The Morgan fingerprint density at radius 2 is 2.00 bits per heavy atom. The molecular formula is C18H20F3N3O3S. The van der Waals surface area contributed by atoms with Crippen LogP contribution in [-0.2, 0) is 40.5 Å². The molecule has 6 nitrogen and oxygen atoms in total. The minimum Gasteiger partial charge on any atom is -0.376 e. The van der Waals surface area contributed by atoms with Crippen LogP contribution in [0.3, 0.4) is 0 Å². The van der Waals surface area contributed by atoms with Gasteiger partial charge in [-0.25, -0.2) is 13.1 Å². The number of ether oxygens (including phenoxy) is 1. The van der Waals surface area contributed by atoms with Crippen LogP contribution in [0.1, 0.15) is 28.1 Å². The summed E-state index contributed by atoms with van der Waals surface area (Å²) in [4.78, 5) is 0. The lowest BCUT2D eigenvalue weighted by atomic mass is 10.1. The van der Waals surface area contributed by atoms with Crippen LogP contribution in [0.5, 0.6) is 0 Å². The lowest BCUT2D eigenvalue weighted by Gasteiger charge is -2.15. The van der Waals surface area contributed by atoms with Crippen molar-refractivity contribution in [2.24, 2.45) is 0 Å². The Kier molecular flexibility index (Phi) is 5.92. The third kappa shape index (κ3) is 5.00. The van der Waals surface area contributed by atoms with E-state index in [9.17, 15) is 21.6 Å². The summed E-state index contributed by atoms with van der Waals surface area (Å²) in [6.07, 6.45) is -2.82. The summed E-state index contributed by atoms with van der Waals surface area (Å²) < 4.78 is 72.3. The fourth-order valence-electron chi connectivity index (χ4n) is 2.91. The molecule has 2 heterocycles. The van der Waals surface area contributed by atoms with Crippen LogP contribution in [0.2, 0.25) is 0 Å². The summed E-state index contributed by atoms with van der Waals surface area (Å²) in [6, 6.07) is 7.31.